The SMILES string of the molecule is Cc1ccc(OCCCC(=O)OCC(=O)Nc2sc3c(c2C#N)CCC3)cc1. The van der Waals surface area contributed by atoms with Crippen molar-refractivity contribution in [3.8, 4) is 11.8 Å². The van der Waals surface area contributed by atoms with E-state index in [1.54, 1.807) is 0 Å². The van der Waals surface area contributed by atoms with Gasteiger partial charge in [-0.3, -0.25) is 9.59 Å². The molecule has 0 unspecified atom stereocenters. The van der Waals surface area contributed by atoms with Gasteiger partial charge in [0.05, 0.1) is 12.2 Å². The molecule has 1 aromatic heterocycles. The number of fused-ring (bicyclic) bond motifs is 1. The predicted molar refractivity (Wildman–Crippen MR) is 107 cm³/mol. The van der Waals surface area contributed by atoms with E-state index < -0.39 is 11.9 Å². The zero-order chi connectivity index (χ0) is 19.9. The van der Waals surface area contributed by atoms with Gasteiger partial charge in [0.1, 0.15) is 16.8 Å². The molecule has 0 saturated heterocycles. The van der Waals surface area contributed by atoms with Crippen molar-refractivity contribution in [3.63, 3.8) is 0 Å². The van der Waals surface area contributed by atoms with E-state index in [0.29, 0.717) is 23.6 Å². The van der Waals surface area contributed by atoms with Gasteiger partial charge in [0.2, 0.25) is 0 Å². The van der Waals surface area contributed by atoms with Crippen LogP contribution < -0.4 is 10.1 Å². The highest BCUT2D eigenvalue weighted by Crippen LogP contribution is 2.38. The molecule has 0 radical (unpaired) electrons. The van der Waals surface area contributed by atoms with Crippen LogP contribution in [0.25, 0.3) is 0 Å². The standard InChI is InChI=1S/C21H22N2O4S/c1-14-7-9-15(10-8-14)26-11-3-6-20(25)27-13-19(24)23-21-17(12-22)16-4-2-5-18(16)28-21/h7-10H,2-6,11,13H2,1H3,(H,23,24). The van der Waals surface area contributed by atoms with E-state index in [2.05, 4.69) is 11.4 Å². The molecule has 1 aromatic carbocycles. The summed E-state index contributed by atoms with van der Waals surface area (Å²) in [6, 6.07) is 9.86. The van der Waals surface area contributed by atoms with Crippen LogP contribution in [0.4, 0.5) is 5.00 Å². The first kappa shape index (κ1) is 19.9. The Balaban J connectivity index is 1.36. The fourth-order valence-corrected chi connectivity index (χ4v) is 4.29. The number of anilines is 1. The monoisotopic (exact) mass is 398 g/mol. The number of benzene rings is 1. The summed E-state index contributed by atoms with van der Waals surface area (Å²) >= 11 is 1.44. The third-order valence-electron chi connectivity index (χ3n) is 4.47. The molecule has 1 aliphatic rings. The number of esters is 1. The minimum absolute atomic E-state index is 0.176. The van der Waals surface area contributed by atoms with Crippen molar-refractivity contribution in [2.24, 2.45) is 0 Å². The summed E-state index contributed by atoms with van der Waals surface area (Å²) in [6.45, 7) is 2.05. The largest absolute Gasteiger partial charge is 0.494 e. The van der Waals surface area contributed by atoms with E-state index in [1.165, 1.54) is 11.3 Å². The molecule has 1 heterocycles. The molecular formula is C21H22N2O4S. The average Bonchev–Trinajstić information content (AvgIpc) is 3.25. The first-order valence-corrected chi connectivity index (χ1v) is 10.1. The van der Waals surface area contributed by atoms with Crippen molar-refractivity contribution in [1.29, 1.82) is 5.26 Å². The molecule has 28 heavy (non-hydrogen) atoms. The van der Waals surface area contributed by atoms with Crippen LogP contribution in [-0.4, -0.2) is 25.1 Å². The van der Waals surface area contributed by atoms with Gasteiger partial charge in [0, 0.05) is 11.3 Å². The number of amides is 1. The summed E-state index contributed by atoms with van der Waals surface area (Å²) in [5, 5.41) is 12.6. The lowest BCUT2D eigenvalue weighted by Gasteiger charge is -2.07. The number of hydrogen-bond acceptors (Lipinski definition) is 6. The van der Waals surface area contributed by atoms with E-state index in [-0.39, 0.29) is 13.0 Å². The number of aryl methyl sites for hydroxylation is 2. The molecule has 3 rings (SSSR count). The van der Waals surface area contributed by atoms with Gasteiger partial charge < -0.3 is 14.8 Å². The fourth-order valence-electron chi connectivity index (χ4n) is 3.03. The molecule has 1 N–H and O–H groups in total. The predicted octanol–water partition coefficient (Wildman–Crippen LogP) is 3.76. The van der Waals surface area contributed by atoms with Crippen molar-refractivity contribution in [3.05, 3.63) is 45.8 Å². The second kappa shape index (κ2) is 9.38. The molecule has 0 bridgehead atoms. The Morgan fingerprint density at radius 1 is 1.25 bits per heavy atom. The number of hydrogen-bond donors (Lipinski definition) is 1. The molecule has 0 aliphatic heterocycles. The Morgan fingerprint density at radius 3 is 2.79 bits per heavy atom. The van der Waals surface area contributed by atoms with E-state index in [0.717, 1.165) is 41.0 Å². The van der Waals surface area contributed by atoms with Crippen LogP contribution in [0.1, 0.15) is 40.8 Å². The first-order valence-electron chi connectivity index (χ1n) is 9.26. The van der Waals surface area contributed by atoms with Gasteiger partial charge in [0.15, 0.2) is 6.61 Å². The summed E-state index contributed by atoms with van der Waals surface area (Å²) in [6.07, 6.45) is 3.56. The lowest BCUT2D eigenvalue weighted by molar-refractivity contribution is -0.147. The van der Waals surface area contributed by atoms with E-state index in [1.807, 2.05) is 31.2 Å². The van der Waals surface area contributed by atoms with Gasteiger partial charge in [-0.2, -0.15) is 5.26 Å². The molecule has 0 fully saturated rings. The molecule has 2 aromatic rings. The summed E-state index contributed by atoms with van der Waals surface area (Å²) in [5.41, 5.74) is 2.75. The molecule has 1 amide bonds. The Labute approximate surface area is 168 Å². The minimum atomic E-state index is -0.447. The summed E-state index contributed by atoms with van der Waals surface area (Å²) in [5.74, 6) is -0.119. The Hall–Kier alpha value is -2.85. The van der Waals surface area contributed by atoms with Crippen molar-refractivity contribution in [1.82, 2.24) is 0 Å². The first-order chi connectivity index (χ1) is 13.6. The van der Waals surface area contributed by atoms with Crippen LogP contribution in [0.15, 0.2) is 24.3 Å². The maximum atomic E-state index is 12.0. The third kappa shape index (κ3) is 5.11. The molecule has 0 atom stereocenters. The number of ether oxygens (including phenoxy) is 2. The van der Waals surface area contributed by atoms with Gasteiger partial charge >= 0.3 is 5.97 Å². The summed E-state index contributed by atoms with van der Waals surface area (Å²) in [4.78, 5) is 25.0. The number of nitrogens with zero attached hydrogens (tertiary/aromatic N) is 1. The smallest absolute Gasteiger partial charge is 0.306 e. The second-order valence-corrected chi connectivity index (χ2v) is 7.75. The van der Waals surface area contributed by atoms with Gasteiger partial charge in [-0.1, -0.05) is 17.7 Å². The van der Waals surface area contributed by atoms with Crippen molar-refractivity contribution in [2.75, 3.05) is 18.5 Å². The number of carbonyl (C=O) groups excluding carboxylic acids is 2. The lowest BCUT2D eigenvalue weighted by atomic mass is 10.1. The minimum Gasteiger partial charge on any atom is -0.494 e. The Bertz CT molecular complexity index is 896. The van der Waals surface area contributed by atoms with Crippen molar-refractivity contribution < 1.29 is 19.1 Å². The van der Waals surface area contributed by atoms with Crippen molar-refractivity contribution in [2.45, 2.75) is 39.0 Å². The van der Waals surface area contributed by atoms with Crippen molar-refractivity contribution >= 4 is 28.2 Å². The van der Waals surface area contributed by atoms with Crippen LogP contribution in [0.2, 0.25) is 0 Å². The molecule has 6 nitrogen and oxygen atoms in total. The van der Waals surface area contributed by atoms with Gasteiger partial charge in [0.25, 0.3) is 5.91 Å². The summed E-state index contributed by atoms with van der Waals surface area (Å²) < 4.78 is 10.6. The fraction of sp³-hybridized carbons (Fsp3) is 0.381. The second-order valence-electron chi connectivity index (χ2n) is 6.65. The zero-order valence-electron chi connectivity index (χ0n) is 15.7. The normalized spacial score (nSPS) is 12.1. The average molecular weight is 398 g/mol. The molecule has 146 valence electrons. The lowest BCUT2D eigenvalue weighted by Crippen LogP contribution is -2.21. The molecule has 0 saturated carbocycles. The number of nitrogens with one attached hydrogen (secondary N) is 1. The van der Waals surface area contributed by atoms with E-state index in [9.17, 15) is 14.9 Å². The van der Waals surface area contributed by atoms with E-state index in [4.69, 9.17) is 9.47 Å². The zero-order valence-corrected chi connectivity index (χ0v) is 16.6. The maximum absolute atomic E-state index is 12.0. The number of rotatable bonds is 8. The highest BCUT2D eigenvalue weighted by molar-refractivity contribution is 7.16. The van der Waals surface area contributed by atoms with Crippen LogP contribution in [-0.2, 0) is 27.2 Å². The molecular weight excluding hydrogens is 376 g/mol. The van der Waals surface area contributed by atoms with Crippen LogP contribution in [0.5, 0.6) is 5.75 Å². The van der Waals surface area contributed by atoms with Crippen LogP contribution in [0.3, 0.4) is 0 Å². The van der Waals surface area contributed by atoms with Gasteiger partial charge in [-0.05, 0) is 50.3 Å². The van der Waals surface area contributed by atoms with E-state index >= 15 is 0 Å². The number of nitriles is 1. The Kier molecular flexibility index (Phi) is 6.66. The molecule has 7 heteroatoms. The van der Waals surface area contributed by atoms with Gasteiger partial charge in [-0.25, -0.2) is 0 Å². The highest BCUT2D eigenvalue weighted by Gasteiger charge is 2.23. The molecule has 0 spiro atoms. The quantitative estimate of drug-likeness (QED) is 0.540. The number of thiophene rings is 1. The maximum Gasteiger partial charge on any atom is 0.306 e. The van der Waals surface area contributed by atoms with Crippen LogP contribution in [0, 0.1) is 18.3 Å². The van der Waals surface area contributed by atoms with Gasteiger partial charge in [-0.15, -0.1) is 11.3 Å². The highest BCUT2D eigenvalue weighted by atomic mass is 32.1. The topological polar surface area (TPSA) is 88.4 Å². The Morgan fingerprint density at radius 2 is 2.04 bits per heavy atom. The number of carbonyl (C=O) groups is 2. The molecule has 1 aliphatic carbocycles. The summed E-state index contributed by atoms with van der Waals surface area (Å²) in [7, 11) is 0. The third-order valence-corrected chi connectivity index (χ3v) is 5.67. The van der Waals surface area contributed by atoms with Crippen LogP contribution >= 0.6 is 11.3 Å².